The Morgan fingerprint density at radius 2 is 2.36 bits per heavy atom. The van der Waals surface area contributed by atoms with Crippen molar-refractivity contribution in [1.82, 2.24) is 4.98 Å². The Bertz CT molecular complexity index is 457. The third-order valence-electron chi connectivity index (χ3n) is 1.88. The molecule has 0 bridgehead atoms. The van der Waals surface area contributed by atoms with E-state index in [1.54, 1.807) is 0 Å². The maximum atomic E-state index is 9.51. The van der Waals surface area contributed by atoms with E-state index in [2.05, 4.69) is 20.9 Å². The first-order chi connectivity index (χ1) is 6.70. The van der Waals surface area contributed by atoms with Gasteiger partial charge >= 0.3 is 0 Å². The highest BCUT2D eigenvalue weighted by atomic mass is 79.9. The number of aromatic nitrogens is 1. The fourth-order valence-corrected chi connectivity index (χ4v) is 2.68. The fraction of sp³-hybridized carbons (Fsp3) is 0.222. The molecule has 1 heterocycles. The Balaban J connectivity index is 2.51. The Morgan fingerprint density at radius 1 is 1.57 bits per heavy atom. The lowest BCUT2D eigenvalue weighted by Gasteiger charge is -2.00. The van der Waals surface area contributed by atoms with Crippen LogP contribution in [0.15, 0.2) is 22.7 Å². The van der Waals surface area contributed by atoms with Crippen LogP contribution < -0.4 is 5.73 Å². The van der Waals surface area contributed by atoms with E-state index in [-0.39, 0.29) is 6.54 Å². The van der Waals surface area contributed by atoms with Crippen molar-refractivity contribution >= 4 is 37.5 Å². The summed E-state index contributed by atoms with van der Waals surface area (Å²) in [6.45, 7) is 0.209. The van der Waals surface area contributed by atoms with Gasteiger partial charge in [-0.05, 0) is 18.2 Å². The summed E-state index contributed by atoms with van der Waals surface area (Å²) >= 11 is 4.86. The first-order valence-corrected chi connectivity index (χ1v) is 5.76. The third-order valence-corrected chi connectivity index (χ3v) is 3.49. The molecule has 0 aliphatic carbocycles. The first-order valence-electron chi connectivity index (χ1n) is 4.15. The molecule has 0 aliphatic heterocycles. The monoisotopic (exact) mass is 272 g/mol. The fourth-order valence-electron chi connectivity index (χ4n) is 1.16. The van der Waals surface area contributed by atoms with Gasteiger partial charge in [-0.15, -0.1) is 11.3 Å². The van der Waals surface area contributed by atoms with Crippen molar-refractivity contribution in [2.75, 3.05) is 6.54 Å². The quantitative estimate of drug-likeness (QED) is 0.880. The summed E-state index contributed by atoms with van der Waals surface area (Å²) in [6, 6.07) is 5.84. The first kappa shape index (κ1) is 10.0. The zero-order valence-electron chi connectivity index (χ0n) is 7.27. The number of aliphatic hydroxyl groups is 1. The van der Waals surface area contributed by atoms with Crippen LogP contribution in [-0.4, -0.2) is 16.6 Å². The highest BCUT2D eigenvalue weighted by molar-refractivity contribution is 9.10. The molecule has 0 amide bonds. The van der Waals surface area contributed by atoms with E-state index in [0.717, 1.165) is 14.7 Å². The average molecular weight is 273 g/mol. The van der Waals surface area contributed by atoms with E-state index in [9.17, 15) is 5.11 Å². The summed E-state index contributed by atoms with van der Waals surface area (Å²) in [4.78, 5) is 4.29. The summed E-state index contributed by atoms with van der Waals surface area (Å²) in [7, 11) is 0. The number of fused-ring (bicyclic) bond motifs is 1. The van der Waals surface area contributed by atoms with Crippen LogP contribution in [0.1, 0.15) is 11.1 Å². The summed E-state index contributed by atoms with van der Waals surface area (Å²) in [5, 5.41) is 10.2. The normalized spacial score (nSPS) is 13.4. The van der Waals surface area contributed by atoms with Crippen molar-refractivity contribution in [2.45, 2.75) is 6.10 Å². The standard InChI is InChI=1S/C9H9BrN2OS/c10-5-1-2-6-8(3-5)14-9(12-6)7(13)4-11/h1-3,7,13H,4,11H2. The van der Waals surface area contributed by atoms with Gasteiger partial charge in [0.2, 0.25) is 0 Å². The molecule has 1 aromatic heterocycles. The van der Waals surface area contributed by atoms with E-state index < -0.39 is 6.10 Å². The van der Waals surface area contributed by atoms with Gasteiger partial charge < -0.3 is 10.8 Å². The lowest BCUT2D eigenvalue weighted by atomic mass is 10.3. The maximum absolute atomic E-state index is 9.51. The van der Waals surface area contributed by atoms with Crippen molar-refractivity contribution in [3.05, 3.63) is 27.7 Å². The molecule has 74 valence electrons. The molecule has 0 radical (unpaired) electrons. The number of aliphatic hydroxyl groups excluding tert-OH is 1. The van der Waals surface area contributed by atoms with Gasteiger partial charge in [-0.1, -0.05) is 15.9 Å². The molecule has 3 nitrogen and oxygen atoms in total. The summed E-state index contributed by atoms with van der Waals surface area (Å²) in [6.07, 6.45) is -0.647. The van der Waals surface area contributed by atoms with Crippen molar-refractivity contribution in [3.63, 3.8) is 0 Å². The van der Waals surface area contributed by atoms with Crippen molar-refractivity contribution in [2.24, 2.45) is 5.73 Å². The topological polar surface area (TPSA) is 59.1 Å². The number of thiazole rings is 1. The molecule has 1 aromatic carbocycles. The van der Waals surface area contributed by atoms with Gasteiger partial charge in [-0.25, -0.2) is 4.98 Å². The predicted molar refractivity (Wildman–Crippen MR) is 61.3 cm³/mol. The average Bonchev–Trinajstić information content (AvgIpc) is 2.59. The molecule has 1 unspecified atom stereocenters. The second-order valence-corrected chi connectivity index (χ2v) is 4.89. The zero-order valence-corrected chi connectivity index (χ0v) is 9.68. The lowest BCUT2D eigenvalue weighted by Crippen LogP contribution is -2.10. The number of hydrogen-bond acceptors (Lipinski definition) is 4. The third kappa shape index (κ3) is 1.81. The van der Waals surface area contributed by atoms with Crippen LogP contribution in [0.4, 0.5) is 0 Å². The Kier molecular flexibility index (Phi) is 2.83. The molecule has 0 spiro atoms. The molecule has 3 N–H and O–H groups in total. The Hall–Kier alpha value is -0.490. The molecular formula is C9H9BrN2OS. The summed E-state index contributed by atoms with van der Waals surface area (Å²) in [5.41, 5.74) is 6.27. The minimum absolute atomic E-state index is 0.209. The van der Waals surface area contributed by atoms with E-state index >= 15 is 0 Å². The number of rotatable bonds is 2. The molecule has 2 aromatic rings. The van der Waals surface area contributed by atoms with Crippen molar-refractivity contribution in [3.8, 4) is 0 Å². The van der Waals surface area contributed by atoms with Crippen LogP contribution in [0.25, 0.3) is 10.2 Å². The van der Waals surface area contributed by atoms with Crippen LogP contribution in [0.2, 0.25) is 0 Å². The molecule has 0 saturated carbocycles. The van der Waals surface area contributed by atoms with E-state index in [0.29, 0.717) is 5.01 Å². The number of nitrogens with two attached hydrogens (primary N) is 1. The molecule has 14 heavy (non-hydrogen) atoms. The molecule has 0 fully saturated rings. The Morgan fingerprint density at radius 3 is 3.07 bits per heavy atom. The van der Waals surface area contributed by atoms with Crippen LogP contribution >= 0.6 is 27.3 Å². The molecule has 1 atom stereocenters. The highest BCUT2D eigenvalue weighted by Gasteiger charge is 2.11. The summed E-state index contributed by atoms with van der Waals surface area (Å²) < 4.78 is 2.07. The highest BCUT2D eigenvalue weighted by Crippen LogP contribution is 2.28. The number of halogens is 1. The number of benzene rings is 1. The van der Waals surface area contributed by atoms with E-state index in [1.165, 1.54) is 11.3 Å². The number of nitrogens with zero attached hydrogens (tertiary/aromatic N) is 1. The van der Waals surface area contributed by atoms with E-state index in [1.807, 2.05) is 18.2 Å². The van der Waals surface area contributed by atoms with Gasteiger partial charge in [0.1, 0.15) is 11.1 Å². The maximum Gasteiger partial charge on any atom is 0.124 e. The predicted octanol–water partition coefficient (Wildman–Crippen LogP) is 2.05. The van der Waals surface area contributed by atoms with Crippen molar-refractivity contribution in [1.29, 1.82) is 0 Å². The largest absolute Gasteiger partial charge is 0.385 e. The second kappa shape index (κ2) is 3.94. The van der Waals surface area contributed by atoms with Crippen LogP contribution in [0.5, 0.6) is 0 Å². The number of hydrogen-bond donors (Lipinski definition) is 2. The van der Waals surface area contributed by atoms with Gasteiger partial charge in [0.05, 0.1) is 10.2 Å². The zero-order chi connectivity index (χ0) is 10.1. The van der Waals surface area contributed by atoms with Crippen LogP contribution in [0, 0.1) is 0 Å². The van der Waals surface area contributed by atoms with Crippen molar-refractivity contribution < 1.29 is 5.11 Å². The van der Waals surface area contributed by atoms with E-state index in [4.69, 9.17) is 5.73 Å². The van der Waals surface area contributed by atoms with Crippen LogP contribution in [-0.2, 0) is 0 Å². The lowest BCUT2D eigenvalue weighted by molar-refractivity contribution is 0.186. The summed E-state index contributed by atoms with van der Waals surface area (Å²) in [5.74, 6) is 0. The second-order valence-electron chi connectivity index (χ2n) is 2.92. The SMILES string of the molecule is NCC(O)c1nc2ccc(Br)cc2s1. The molecule has 0 saturated heterocycles. The smallest absolute Gasteiger partial charge is 0.124 e. The van der Waals surface area contributed by atoms with Gasteiger partial charge in [0.25, 0.3) is 0 Å². The molecule has 5 heteroatoms. The van der Waals surface area contributed by atoms with Gasteiger partial charge in [0.15, 0.2) is 0 Å². The Labute approximate surface area is 93.7 Å². The molecule has 2 rings (SSSR count). The van der Waals surface area contributed by atoms with Crippen LogP contribution in [0.3, 0.4) is 0 Å². The van der Waals surface area contributed by atoms with Gasteiger partial charge in [0, 0.05) is 11.0 Å². The van der Waals surface area contributed by atoms with Gasteiger partial charge in [-0.3, -0.25) is 0 Å². The van der Waals surface area contributed by atoms with Gasteiger partial charge in [-0.2, -0.15) is 0 Å². The molecular weight excluding hydrogens is 264 g/mol. The minimum Gasteiger partial charge on any atom is -0.385 e. The minimum atomic E-state index is -0.647. The molecule has 0 aliphatic rings.